The molecule has 1 aliphatic rings. The number of urea groups is 1. The van der Waals surface area contributed by atoms with E-state index in [4.69, 9.17) is 0 Å². The minimum Gasteiger partial charge on any atom is -0.480 e. The van der Waals surface area contributed by atoms with Crippen LogP contribution in [0, 0.1) is 5.92 Å². The zero-order valence-electron chi connectivity index (χ0n) is 12.6. The predicted molar refractivity (Wildman–Crippen MR) is 74.1 cm³/mol. The number of likely N-dealkylation sites (tertiary alicyclic amines) is 1. The van der Waals surface area contributed by atoms with E-state index >= 15 is 0 Å². The van der Waals surface area contributed by atoms with E-state index in [1.165, 1.54) is 4.90 Å². The fourth-order valence-corrected chi connectivity index (χ4v) is 2.73. The fraction of sp³-hybridized carbons (Fsp3) is 0.857. The lowest BCUT2D eigenvalue weighted by Crippen LogP contribution is -2.59. The van der Waals surface area contributed by atoms with Crippen molar-refractivity contribution in [3.63, 3.8) is 0 Å². The molecule has 1 fully saturated rings. The van der Waals surface area contributed by atoms with Crippen molar-refractivity contribution in [1.82, 2.24) is 9.80 Å². The molecule has 2 atom stereocenters. The third-order valence-corrected chi connectivity index (χ3v) is 4.13. The summed E-state index contributed by atoms with van der Waals surface area (Å²) in [5.74, 6) is -0.345. The standard InChI is InChI=1S/C14H26N2O3/c1-6-16(14(4,5)12(17)18)13(19)15-8-7-10(2)9-11(15)3/h10-11H,6-9H2,1-5H3,(H,17,18). The maximum Gasteiger partial charge on any atom is 0.329 e. The van der Waals surface area contributed by atoms with Gasteiger partial charge in [-0.15, -0.1) is 0 Å². The van der Waals surface area contributed by atoms with Gasteiger partial charge in [-0.3, -0.25) is 0 Å². The Morgan fingerprint density at radius 1 is 1.37 bits per heavy atom. The Bertz CT molecular complexity index is 355. The monoisotopic (exact) mass is 270 g/mol. The summed E-state index contributed by atoms with van der Waals surface area (Å²) in [5, 5.41) is 9.29. The smallest absolute Gasteiger partial charge is 0.329 e. The molecular formula is C14H26N2O3. The first-order chi connectivity index (χ1) is 8.71. The van der Waals surface area contributed by atoms with Crippen molar-refractivity contribution in [3.8, 4) is 0 Å². The topological polar surface area (TPSA) is 60.9 Å². The van der Waals surface area contributed by atoms with Gasteiger partial charge in [0.2, 0.25) is 0 Å². The Hall–Kier alpha value is -1.26. The third-order valence-electron chi connectivity index (χ3n) is 4.13. The number of carbonyl (C=O) groups is 2. The zero-order chi connectivity index (χ0) is 14.8. The molecule has 5 nitrogen and oxygen atoms in total. The lowest BCUT2D eigenvalue weighted by Gasteiger charge is -2.43. The molecule has 19 heavy (non-hydrogen) atoms. The highest BCUT2D eigenvalue weighted by Gasteiger charge is 2.40. The summed E-state index contributed by atoms with van der Waals surface area (Å²) in [4.78, 5) is 27.2. The van der Waals surface area contributed by atoms with Crippen molar-refractivity contribution in [3.05, 3.63) is 0 Å². The Balaban J connectivity index is 2.88. The molecule has 5 heteroatoms. The van der Waals surface area contributed by atoms with E-state index in [-0.39, 0.29) is 12.1 Å². The maximum absolute atomic E-state index is 12.6. The van der Waals surface area contributed by atoms with Gasteiger partial charge < -0.3 is 14.9 Å². The van der Waals surface area contributed by atoms with Gasteiger partial charge in [0.25, 0.3) is 0 Å². The lowest BCUT2D eigenvalue weighted by molar-refractivity contribution is -0.147. The molecule has 0 aliphatic carbocycles. The lowest BCUT2D eigenvalue weighted by atomic mass is 9.93. The van der Waals surface area contributed by atoms with Crippen LogP contribution in [0.15, 0.2) is 0 Å². The minimum absolute atomic E-state index is 0.158. The molecule has 0 radical (unpaired) electrons. The second-order valence-electron chi connectivity index (χ2n) is 6.06. The molecule has 0 spiro atoms. The molecular weight excluding hydrogens is 244 g/mol. The van der Waals surface area contributed by atoms with Crippen LogP contribution in [0.3, 0.4) is 0 Å². The van der Waals surface area contributed by atoms with Crippen LogP contribution in [0.4, 0.5) is 4.79 Å². The molecule has 1 heterocycles. The molecule has 0 aromatic rings. The number of piperidine rings is 1. The molecule has 1 aliphatic heterocycles. The van der Waals surface area contributed by atoms with E-state index in [1.807, 2.05) is 18.7 Å². The molecule has 110 valence electrons. The summed E-state index contributed by atoms with van der Waals surface area (Å²) >= 11 is 0. The molecule has 2 unspecified atom stereocenters. The first-order valence-corrected chi connectivity index (χ1v) is 7.03. The minimum atomic E-state index is -1.17. The van der Waals surface area contributed by atoms with Crippen LogP contribution in [0.1, 0.15) is 47.5 Å². The summed E-state index contributed by atoms with van der Waals surface area (Å²) in [7, 11) is 0. The quantitative estimate of drug-likeness (QED) is 0.856. The fourth-order valence-electron chi connectivity index (χ4n) is 2.73. The number of hydrogen-bond donors (Lipinski definition) is 1. The van der Waals surface area contributed by atoms with E-state index in [9.17, 15) is 14.7 Å². The van der Waals surface area contributed by atoms with Gasteiger partial charge in [-0.1, -0.05) is 6.92 Å². The maximum atomic E-state index is 12.6. The summed E-state index contributed by atoms with van der Waals surface area (Å²) in [6.45, 7) is 10.3. The van der Waals surface area contributed by atoms with Crippen LogP contribution in [0.2, 0.25) is 0 Å². The SMILES string of the molecule is CCN(C(=O)N1CCC(C)CC1C)C(C)(C)C(=O)O. The van der Waals surface area contributed by atoms with Gasteiger partial charge in [0.05, 0.1) is 0 Å². The molecule has 1 saturated heterocycles. The second kappa shape index (κ2) is 5.80. The number of likely N-dealkylation sites (N-methyl/N-ethyl adjacent to an activating group) is 1. The number of rotatable bonds is 3. The van der Waals surface area contributed by atoms with E-state index in [1.54, 1.807) is 13.8 Å². The van der Waals surface area contributed by atoms with Gasteiger partial charge in [0, 0.05) is 19.1 Å². The highest BCUT2D eigenvalue weighted by Crippen LogP contribution is 2.25. The van der Waals surface area contributed by atoms with Crippen molar-refractivity contribution in [2.24, 2.45) is 5.92 Å². The number of aliphatic carboxylic acids is 1. The Kier molecular flexibility index (Phi) is 4.82. The Morgan fingerprint density at radius 3 is 2.37 bits per heavy atom. The predicted octanol–water partition coefficient (Wildman–Crippen LogP) is 2.41. The van der Waals surface area contributed by atoms with Crippen molar-refractivity contribution in [1.29, 1.82) is 0 Å². The van der Waals surface area contributed by atoms with Crippen LogP contribution < -0.4 is 0 Å². The summed E-state index contributed by atoms with van der Waals surface area (Å²) < 4.78 is 0. The van der Waals surface area contributed by atoms with Gasteiger partial charge >= 0.3 is 12.0 Å². The van der Waals surface area contributed by atoms with Crippen LogP contribution in [-0.2, 0) is 4.79 Å². The molecule has 1 N–H and O–H groups in total. The van der Waals surface area contributed by atoms with Crippen molar-refractivity contribution in [2.75, 3.05) is 13.1 Å². The Labute approximate surface area is 115 Å². The Morgan fingerprint density at radius 2 is 1.95 bits per heavy atom. The summed E-state index contributed by atoms with van der Waals surface area (Å²) in [6.07, 6.45) is 1.97. The van der Waals surface area contributed by atoms with Crippen molar-refractivity contribution >= 4 is 12.0 Å². The molecule has 0 saturated carbocycles. The summed E-state index contributed by atoms with van der Waals surface area (Å²) in [5.41, 5.74) is -1.17. The van der Waals surface area contributed by atoms with Gasteiger partial charge in [0.15, 0.2) is 0 Å². The number of carbonyl (C=O) groups excluding carboxylic acids is 1. The second-order valence-corrected chi connectivity index (χ2v) is 6.06. The van der Waals surface area contributed by atoms with Gasteiger partial charge in [-0.2, -0.15) is 0 Å². The zero-order valence-corrected chi connectivity index (χ0v) is 12.6. The molecule has 2 amide bonds. The highest BCUT2D eigenvalue weighted by atomic mass is 16.4. The van der Waals surface area contributed by atoms with Crippen LogP contribution >= 0.6 is 0 Å². The van der Waals surface area contributed by atoms with E-state index in [0.29, 0.717) is 19.0 Å². The molecule has 0 aromatic heterocycles. The normalized spacial score (nSPS) is 24.2. The highest BCUT2D eigenvalue weighted by molar-refractivity contribution is 5.85. The van der Waals surface area contributed by atoms with E-state index in [0.717, 1.165) is 12.8 Å². The summed E-state index contributed by atoms with van der Waals surface area (Å²) in [6, 6.07) is 0.0178. The average molecular weight is 270 g/mol. The third kappa shape index (κ3) is 3.19. The largest absolute Gasteiger partial charge is 0.480 e. The van der Waals surface area contributed by atoms with Crippen LogP contribution in [0.5, 0.6) is 0 Å². The number of hydrogen-bond acceptors (Lipinski definition) is 2. The average Bonchev–Trinajstić information content (AvgIpc) is 2.28. The van der Waals surface area contributed by atoms with Gasteiger partial charge in [-0.25, -0.2) is 9.59 Å². The molecule has 0 bridgehead atoms. The van der Waals surface area contributed by atoms with Crippen molar-refractivity contribution < 1.29 is 14.7 Å². The van der Waals surface area contributed by atoms with E-state index in [2.05, 4.69) is 6.92 Å². The van der Waals surface area contributed by atoms with Crippen molar-refractivity contribution in [2.45, 2.75) is 59.0 Å². The first-order valence-electron chi connectivity index (χ1n) is 7.03. The number of carboxylic acids is 1. The van der Waals surface area contributed by atoms with Gasteiger partial charge in [0.1, 0.15) is 5.54 Å². The number of nitrogens with zero attached hydrogens (tertiary/aromatic N) is 2. The molecule has 0 aromatic carbocycles. The van der Waals surface area contributed by atoms with Crippen LogP contribution in [0.25, 0.3) is 0 Å². The molecule has 1 rings (SSSR count). The van der Waals surface area contributed by atoms with Crippen LogP contribution in [-0.4, -0.2) is 51.6 Å². The number of amides is 2. The van der Waals surface area contributed by atoms with E-state index < -0.39 is 11.5 Å². The number of carboxylic acid groups (broad SMARTS) is 1. The van der Waals surface area contributed by atoms with Gasteiger partial charge in [-0.05, 0) is 46.5 Å². The first kappa shape index (κ1) is 15.8.